The Hall–Kier alpha value is -0.700. The van der Waals surface area contributed by atoms with E-state index in [1.54, 1.807) is 0 Å². The van der Waals surface area contributed by atoms with Crippen LogP contribution < -0.4 is 0 Å². The lowest BCUT2D eigenvalue weighted by atomic mass is 10.1. The van der Waals surface area contributed by atoms with Crippen LogP contribution in [0.3, 0.4) is 0 Å². The molecule has 0 aliphatic rings. The molecule has 0 radical (unpaired) electrons. The van der Waals surface area contributed by atoms with Gasteiger partial charge in [0.25, 0.3) is 0 Å². The lowest BCUT2D eigenvalue weighted by Gasteiger charge is -2.02. The maximum atomic E-state index is 10.6. The van der Waals surface area contributed by atoms with Gasteiger partial charge in [-0.15, -0.1) is 0 Å². The smallest absolute Gasteiger partial charge is 0.331 e. The van der Waals surface area contributed by atoms with Crippen molar-refractivity contribution < 1.29 is 9.90 Å². The molecule has 1 aromatic rings. The van der Waals surface area contributed by atoms with Gasteiger partial charge in [-0.1, -0.05) is 34.8 Å². The van der Waals surface area contributed by atoms with E-state index in [9.17, 15) is 4.79 Å². The number of benzene rings is 1. The summed E-state index contributed by atoms with van der Waals surface area (Å²) in [6.45, 7) is 1.47. The van der Waals surface area contributed by atoms with Crippen LogP contribution in [0, 0.1) is 0 Å². The van der Waals surface area contributed by atoms with Crippen molar-refractivity contribution in [2.24, 2.45) is 0 Å². The molecule has 0 aliphatic carbocycles. The SMILES string of the molecule is CC(=Cc1cc(Cl)c(Cl)cc1Cl)C(=O)O. The lowest BCUT2D eigenvalue weighted by molar-refractivity contribution is -0.132. The summed E-state index contributed by atoms with van der Waals surface area (Å²) >= 11 is 17.4. The molecule has 0 heterocycles. The Kier molecular flexibility index (Phi) is 4.03. The van der Waals surface area contributed by atoms with Crippen molar-refractivity contribution in [2.75, 3.05) is 0 Å². The summed E-state index contributed by atoms with van der Waals surface area (Å²) < 4.78 is 0. The Bertz CT molecular complexity index is 439. The normalized spacial score (nSPS) is 11.6. The van der Waals surface area contributed by atoms with Gasteiger partial charge in [0.2, 0.25) is 0 Å². The number of carboxylic acids is 1. The van der Waals surface area contributed by atoms with Crippen LogP contribution in [0.1, 0.15) is 12.5 Å². The average molecular weight is 266 g/mol. The highest BCUT2D eigenvalue weighted by Gasteiger charge is 2.06. The fourth-order valence-corrected chi connectivity index (χ4v) is 1.55. The van der Waals surface area contributed by atoms with Crippen LogP contribution in [0.2, 0.25) is 15.1 Å². The first kappa shape index (κ1) is 12.4. The van der Waals surface area contributed by atoms with Crippen LogP contribution in [-0.2, 0) is 4.79 Å². The van der Waals surface area contributed by atoms with Crippen molar-refractivity contribution in [1.29, 1.82) is 0 Å². The van der Waals surface area contributed by atoms with E-state index >= 15 is 0 Å². The first-order chi connectivity index (χ1) is 6.91. The van der Waals surface area contributed by atoms with E-state index < -0.39 is 5.97 Å². The van der Waals surface area contributed by atoms with Gasteiger partial charge in [-0.3, -0.25) is 0 Å². The van der Waals surface area contributed by atoms with E-state index in [4.69, 9.17) is 39.9 Å². The molecule has 0 amide bonds. The van der Waals surface area contributed by atoms with Crippen molar-refractivity contribution >= 4 is 46.8 Å². The Morgan fingerprint density at radius 1 is 1.20 bits per heavy atom. The number of aliphatic carboxylic acids is 1. The summed E-state index contributed by atoms with van der Waals surface area (Å²) in [6, 6.07) is 3.01. The molecule has 1 rings (SSSR count). The van der Waals surface area contributed by atoms with E-state index in [0.717, 1.165) is 0 Å². The van der Waals surface area contributed by atoms with E-state index in [0.29, 0.717) is 20.6 Å². The van der Waals surface area contributed by atoms with Crippen LogP contribution in [0.5, 0.6) is 0 Å². The molecule has 0 atom stereocenters. The van der Waals surface area contributed by atoms with Crippen LogP contribution in [0.4, 0.5) is 0 Å². The quantitative estimate of drug-likeness (QED) is 0.645. The second kappa shape index (κ2) is 4.88. The number of rotatable bonds is 2. The first-order valence-electron chi connectivity index (χ1n) is 3.98. The van der Waals surface area contributed by atoms with Gasteiger partial charge >= 0.3 is 5.97 Å². The molecule has 0 saturated carbocycles. The number of halogens is 3. The van der Waals surface area contributed by atoms with Gasteiger partial charge in [-0.2, -0.15) is 0 Å². The number of hydrogen-bond donors (Lipinski definition) is 1. The van der Waals surface area contributed by atoms with E-state index in [1.807, 2.05) is 0 Å². The third kappa shape index (κ3) is 3.13. The fourth-order valence-electron chi connectivity index (χ4n) is 0.944. The van der Waals surface area contributed by atoms with Gasteiger partial charge in [0.05, 0.1) is 10.0 Å². The largest absolute Gasteiger partial charge is 0.478 e. The van der Waals surface area contributed by atoms with Crippen molar-refractivity contribution in [1.82, 2.24) is 0 Å². The Balaban J connectivity index is 3.22. The summed E-state index contributed by atoms with van der Waals surface area (Å²) in [6.07, 6.45) is 1.44. The zero-order valence-electron chi connectivity index (χ0n) is 7.72. The topological polar surface area (TPSA) is 37.3 Å². The molecule has 2 nitrogen and oxygen atoms in total. The number of carboxylic acid groups (broad SMARTS) is 1. The highest BCUT2D eigenvalue weighted by Crippen LogP contribution is 2.30. The highest BCUT2D eigenvalue weighted by atomic mass is 35.5. The Morgan fingerprint density at radius 2 is 1.73 bits per heavy atom. The molecule has 5 heteroatoms. The molecule has 0 fully saturated rings. The second-order valence-corrected chi connectivity index (χ2v) is 4.14. The summed E-state index contributed by atoms with van der Waals surface area (Å²) in [5.74, 6) is -1.00. The molecule has 1 N–H and O–H groups in total. The third-order valence-electron chi connectivity index (χ3n) is 1.75. The van der Waals surface area contributed by atoms with E-state index in [1.165, 1.54) is 25.1 Å². The molecule has 1 aromatic carbocycles. The van der Waals surface area contributed by atoms with Crippen LogP contribution >= 0.6 is 34.8 Å². The monoisotopic (exact) mass is 264 g/mol. The second-order valence-electron chi connectivity index (χ2n) is 2.92. The van der Waals surface area contributed by atoms with Gasteiger partial charge in [0, 0.05) is 10.6 Å². The Labute approximate surface area is 102 Å². The first-order valence-corrected chi connectivity index (χ1v) is 5.11. The molecule has 15 heavy (non-hydrogen) atoms. The molecule has 80 valence electrons. The van der Waals surface area contributed by atoms with E-state index in [-0.39, 0.29) is 5.57 Å². The zero-order chi connectivity index (χ0) is 11.6. The minimum absolute atomic E-state index is 0.176. The summed E-state index contributed by atoms with van der Waals surface area (Å²) in [5, 5.41) is 9.73. The minimum atomic E-state index is -1.00. The predicted molar refractivity (Wildman–Crippen MR) is 62.8 cm³/mol. The van der Waals surface area contributed by atoms with Gasteiger partial charge in [0.1, 0.15) is 0 Å². The standard InChI is InChI=1S/C10H7Cl3O2/c1-5(10(14)15)2-6-3-8(12)9(13)4-7(6)11/h2-4H,1H3,(H,14,15). The lowest BCUT2D eigenvalue weighted by Crippen LogP contribution is -1.95. The molecular weight excluding hydrogens is 258 g/mol. The maximum absolute atomic E-state index is 10.6. The molecule has 0 saturated heterocycles. The number of carbonyl (C=O) groups is 1. The van der Waals surface area contributed by atoms with Crippen molar-refractivity contribution in [3.8, 4) is 0 Å². The summed E-state index contributed by atoms with van der Waals surface area (Å²) in [5.41, 5.74) is 0.709. The van der Waals surface area contributed by atoms with Crippen molar-refractivity contribution in [3.05, 3.63) is 38.3 Å². The van der Waals surface area contributed by atoms with Crippen LogP contribution in [0.15, 0.2) is 17.7 Å². The van der Waals surface area contributed by atoms with Crippen molar-refractivity contribution in [3.63, 3.8) is 0 Å². The maximum Gasteiger partial charge on any atom is 0.331 e. The van der Waals surface area contributed by atoms with Crippen LogP contribution in [-0.4, -0.2) is 11.1 Å². The molecule has 0 bridgehead atoms. The zero-order valence-corrected chi connectivity index (χ0v) is 9.99. The minimum Gasteiger partial charge on any atom is -0.478 e. The molecule has 0 aromatic heterocycles. The van der Waals surface area contributed by atoms with Gasteiger partial charge in [-0.25, -0.2) is 4.79 Å². The average Bonchev–Trinajstić information content (AvgIpc) is 2.13. The van der Waals surface area contributed by atoms with Crippen LogP contribution in [0.25, 0.3) is 6.08 Å². The molecular formula is C10H7Cl3O2. The molecule has 0 spiro atoms. The fraction of sp³-hybridized carbons (Fsp3) is 0.100. The molecule has 0 aliphatic heterocycles. The molecule has 0 unspecified atom stereocenters. The predicted octanol–water partition coefficient (Wildman–Crippen LogP) is 4.13. The number of hydrogen-bond acceptors (Lipinski definition) is 1. The van der Waals surface area contributed by atoms with Gasteiger partial charge < -0.3 is 5.11 Å². The van der Waals surface area contributed by atoms with Gasteiger partial charge in [0.15, 0.2) is 0 Å². The van der Waals surface area contributed by atoms with Gasteiger partial charge in [-0.05, 0) is 30.7 Å². The van der Waals surface area contributed by atoms with E-state index in [2.05, 4.69) is 0 Å². The summed E-state index contributed by atoms with van der Waals surface area (Å²) in [7, 11) is 0. The Morgan fingerprint density at radius 3 is 2.27 bits per heavy atom. The third-order valence-corrected chi connectivity index (χ3v) is 2.80. The highest BCUT2D eigenvalue weighted by molar-refractivity contribution is 6.43. The van der Waals surface area contributed by atoms with Crippen molar-refractivity contribution in [2.45, 2.75) is 6.92 Å². The summed E-state index contributed by atoms with van der Waals surface area (Å²) in [4.78, 5) is 10.6.